The topological polar surface area (TPSA) is 18.5 Å². The Labute approximate surface area is 208 Å². The number of rotatable bonds is 2. The Morgan fingerprint density at radius 2 is 0.943 bits per heavy atom. The van der Waals surface area contributed by atoms with Gasteiger partial charge in [-0.2, -0.15) is 0 Å². The number of hydrogen-bond acceptors (Lipinski definition) is 2. The Balaban J connectivity index is 1.35. The van der Waals surface area contributed by atoms with E-state index < -0.39 is 0 Å². The lowest BCUT2D eigenvalue weighted by atomic mass is 9.83. The monoisotopic (exact) mass is 480 g/mol. The van der Waals surface area contributed by atoms with Gasteiger partial charge in [0, 0.05) is 24.0 Å². The fourth-order valence-corrected chi connectivity index (χ4v) is 7.06. The van der Waals surface area contributed by atoms with E-state index in [2.05, 4.69) is 12.1 Å². The van der Waals surface area contributed by atoms with Crippen LogP contribution in [0.3, 0.4) is 0 Å². The molecule has 1 unspecified atom stereocenters. The molecule has 4 heteroatoms. The van der Waals surface area contributed by atoms with Crippen LogP contribution in [0.4, 0.5) is 8.78 Å². The first-order valence-corrected chi connectivity index (χ1v) is 14.1. The van der Waals surface area contributed by atoms with Gasteiger partial charge in [-0.25, -0.2) is 8.78 Å². The van der Waals surface area contributed by atoms with Gasteiger partial charge in [0.15, 0.2) is 23.1 Å². The van der Waals surface area contributed by atoms with Gasteiger partial charge in [0.2, 0.25) is 0 Å². The van der Waals surface area contributed by atoms with Crippen LogP contribution in [0.1, 0.15) is 118 Å². The third-order valence-corrected chi connectivity index (χ3v) is 8.96. The number of fused-ring (bicyclic) bond motifs is 6. The molecule has 4 aliphatic rings. The molecule has 2 heterocycles. The summed E-state index contributed by atoms with van der Waals surface area (Å²) in [6.45, 7) is 0. The molecule has 2 bridgehead atoms. The summed E-state index contributed by atoms with van der Waals surface area (Å²) >= 11 is 0. The van der Waals surface area contributed by atoms with Gasteiger partial charge in [0.05, 0.1) is 0 Å². The lowest BCUT2D eigenvalue weighted by molar-refractivity contribution is 0.179. The Kier molecular flexibility index (Phi) is 6.73. The zero-order valence-corrected chi connectivity index (χ0v) is 20.8. The first kappa shape index (κ1) is 23.3. The van der Waals surface area contributed by atoms with Gasteiger partial charge in [-0.15, -0.1) is 0 Å². The highest BCUT2D eigenvalue weighted by atomic mass is 19.1. The minimum atomic E-state index is -0.239. The molecule has 2 aromatic rings. The summed E-state index contributed by atoms with van der Waals surface area (Å²) in [7, 11) is 0. The summed E-state index contributed by atoms with van der Waals surface area (Å²) in [6, 6.07) is 7.77. The van der Waals surface area contributed by atoms with Crippen LogP contribution in [0.2, 0.25) is 0 Å². The van der Waals surface area contributed by atoms with E-state index in [9.17, 15) is 0 Å². The molecule has 35 heavy (non-hydrogen) atoms. The van der Waals surface area contributed by atoms with Crippen molar-refractivity contribution >= 4 is 0 Å². The Hall–Kier alpha value is -2.10. The maximum Gasteiger partial charge on any atom is 0.165 e. The van der Waals surface area contributed by atoms with Crippen molar-refractivity contribution in [3.63, 3.8) is 0 Å². The minimum absolute atomic E-state index is 0.177. The van der Waals surface area contributed by atoms with Gasteiger partial charge < -0.3 is 9.47 Å². The van der Waals surface area contributed by atoms with Crippen molar-refractivity contribution in [2.24, 2.45) is 0 Å². The molecule has 2 fully saturated rings. The van der Waals surface area contributed by atoms with E-state index in [-0.39, 0.29) is 23.8 Å². The SMILES string of the molecule is Fc1cc(C2CCCCC2)cc2c1OC1CCC[C@H](C2)Oc2c(F)cc(C3CCCCC3)cc2C1. The van der Waals surface area contributed by atoms with E-state index in [4.69, 9.17) is 9.47 Å². The minimum Gasteiger partial charge on any atom is -0.487 e. The summed E-state index contributed by atoms with van der Waals surface area (Å²) in [6.07, 6.45) is 15.3. The van der Waals surface area contributed by atoms with E-state index in [0.717, 1.165) is 67.2 Å². The highest BCUT2D eigenvalue weighted by Gasteiger charge is 2.31. The molecule has 2 saturated carbocycles. The van der Waals surface area contributed by atoms with Gasteiger partial charge in [-0.3, -0.25) is 0 Å². The predicted octanol–water partition coefficient (Wildman–Crippen LogP) is 8.54. The summed E-state index contributed by atoms with van der Waals surface area (Å²) in [4.78, 5) is 0. The molecule has 2 aliphatic carbocycles. The standard InChI is InChI=1S/C31H38F2O2/c32-28-18-22(20-8-3-1-4-9-20)14-24-16-26-12-7-13-27(34-30(24)28)17-25-15-23(19-29(33)31(25)35-26)21-10-5-2-6-11-21/h14-15,18-21,26-27H,1-13,16-17H2/t26-,27?/m1/s1. The van der Waals surface area contributed by atoms with Crippen molar-refractivity contribution in [3.8, 4) is 11.5 Å². The summed E-state index contributed by atoms with van der Waals surface area (Å²) in [5.41, 5.74) is 3.98. The van der Waals surface area contributed by atoms with Crippen LogP contribution in [0.25, 0.3) is 0 Å². The fourth-order valence-electron chi connectivity index (χ4n) is 7.06. The van der Waals surface area contributed by atoms with E-state index in [1.807, 2.05) is 0 Å². The normalized spacial score (nSPS) is 25.7. The molecule has 2 nitrogen and oxygen atoms in total. The van der Waals surface area contributed by atoms with Crippen LogP contribution in [0, 0.1) is 11.6 Å². The predicted molar refractivity (Wildman–Crippen MR) is 135 cm³/mol. The Morgan fingerprint density at radius 1 is 0.514 bits per heavy atom. The van der Waals surface area contributed by atoms with Crippen molar-refractivity contribution < 1.29 is 18.3 Å². The van der Waals surface area contributed by atoms with Gasteiger partial charge in [-0.05, 0) is 80.0 Å². The van der Waals surface area contributed by atoms with Crippen molar-refractivity contribution in [3.05, 3.63) is 58.2 Å². The summed E-state index contributed by atoms with van der Waals surface area (Å²) in [5, 5.41) is 0. The molecule has 0 aromatic heterocycles. The molecule has 0 radical (unpaired) electrons. The first-order valence-electron chi connectivity index (χ1n) is 14.1. The Morgan fingerprint density at radius 3 is 1.37 bits per heavy atom. The first-order chi connectivity index (χ1) is 17.1. The second-order valence-electron chi connectivity index (χ2n) is 11.5. The number of hydrogen-bond donors (Lipinski definition) is 0. The molecule has 188 valence electrons. The quantitative estimate of drug-likeness (QED) is 0.429. The second-order valence-corrected chi connectivity index (χ2v) is 11.5. The highest BCUT2D eigenvalue weighted by Crippen LogP contribution is 2.41. The van der Waals surface area contributed by atoms with E-state index in [0.29, 0.717) is 36.2 Å². The number of benzene rings is 2. The van der Waals surface area contributed by atoms with Crippen molar-refractivity contribution in [2.45, 2.75) is 120 Å². The third kappa shape index (κ3) is 4.95. The molecule has 0 spiro atoms. The summed E-state index contributed by atoms with van der Waals surface area (Å²) < 4.78 is 43.9. The molecule has 0 N–H and O–H groups in total. The summed E-state index contributed by atoms with van der Waals surface area (Å²) in [5.74, 6) is 1.18. The van der Waals surface area contributed by atoms with Crippen LogP contribution < -0.4 is 9.47 Å². The molecule has 6 rings (SSSR count). The second kappa shape index (κ2) is 10.1. The molecule has 2 aliphatic heterocycles. The van der Waals surface area contributed by atoms with Crippen LogP contribution in [-0.2, 0) is 12.8 Å². The van der Waals surface area contributed by atoms with Crippen LogP contribution in [-0.4, -0.2) is 12.2 Å². The third-order valence-electron chi connectivity index (χ3n) is 8.96. The lowest BCUT2D eigenvalue weighted by Gasteiger charge is -2.28. The number of ether oxygens (including phenoxy) is 2. The zero-order valence-electron chi connectivity index (χ0n) is 20.8. The van der Waals surface area contributed by atoms with Crippen molar-refractivity contribution in [1.82, 2.24) is 0 Å². The molecule has 2 aromatic carbocycles. The van der Waals surface area contributed by atoms with Crippen molar-refractivity contribution in [1.29, 1.82) is 0 Å². The molecular formula is C31H38F2O2. The van der Waals surface area contributed by atoms with Crippen LogP contribution in [0.15, 0.2) is 24.3 Å². The van der Waals surface area contributed by atoms with E-state index in [1.165, 1.54) is 38.5 Å². The largest absolute Gasteiger partial charge is 0.487 e. The van der Waals surface area contributed by atoms with Gasteiger partial charge in [-0.1, -0.05) is 50.7 Å². The van der Waals surface area contributed by atoms with E-state index >= 15 is 8.78 Å². The number of halogens is 2. The van der Waals surface area contributed by atoms with E-state index in [1.54, 1.807) is 12.1 Å². The smallest absolute Gasteiger partial charge is 0.165 e. The molecule has 0 saturated heterocycles. The van der Waals surface area contributed by atoms with Crippen molar-refractivity contribution in [2.75, 3.05) is 0 Å². The Bertz CT molecular complexity index is 969. The molecule has 0 amide bonds. The van der Waals surface area contributed by atoms with Gasteiger partial charge >= 0.3 is 0 Å². The zero-order chi connectivity index (χ0) is 23.8. The molecular weight excluding hydrogens is 442 g/mol. The average Bonchev–Trinajstić information content (AvgIpc) is 3.02. The fraction of sp³-hybridized carbons (Fsp3) is 0.613. The maximum atomic E-state index is 15.5. The molecule has 2 atom stereocenters. The van der Waals surface area contributed by atoms with Gasteiger partial charge in [0.25, 0.3) is 0 Å². The highest BCUT2D eigenvalue weighted by molar-refractivity contribution is 5.44. The average molecular weight is 481 g/mol. The maximum absolute atomic E-state index is 15.5. The van der Waals surface area contributed by atoms with Crippen LogP contribution in [0.5, 0.6) is 11.5 Å². The van der Waals surface area contributed by atoms with Gasteiger partial charge in [0.1, 0.15) is 12.2 Å². The lowest BCUT2D eigenvalue weighted by Crippen LogP contribution is -2.24. The van der Waals surface area contributed by atoms with Crippen LogP contribution >= 0.6 is 0 Å².